The number of fused-ring (bicyclic) bond motifs is 1. The molecule has 0 spiro atoms. The highest BCUT2D eigenvalue weighted by molar-refractivity contribution is 5.80. The Bertz CT molecular complexity index is 773. The number of benzene rings is 1. The van der Waals surface area contributed by atoms with Crippen LogP contribution in [0.5, 0.6) is 11.6 Å². The molecule has 1 aliphatic heterocycles. The lowest BCUT2D eigenvalue weighted by molar-refractivity contribution is -0.124. The zero-order chi connectivity index (χ0) is 18.5. The van der Waals surface area contributed by atoms with Gasteiger partial charge in [-0.05, 0) is 31.5 Å². The minimum absolute atomic E-state index is 0.237. The van der Waals surface area contributed by atoms with E-state index < -0.39 is 12.8 Å². The van der Waals surface area contributed by atoms with Gasteiger partial charge < -0.3 is 15.2 Å². The molecule has 2 unspecified atom stereocenters. The molecule has 140 valence electrons. The van der Waals surface area contributed by atoms with Gasteiger partial charge in [0.25, 0.3) is 0 Å². The first kappa shape index (κ1) is 18.3. The van der Waals surface area contributed by atoms with Gasteiger partial charge in [-0.2, -0.15) is 0 Å². The van der Waals surface area contributed by atoms with Crippen molar-refractivity contribution in [1.29, 1.82) is 0 Å². The summed E-state index contributed by atoms with van der Waals surface area (Å²) in [5.74, 6) is 0.518. The number of nitrogens with zero attached hydrogens (tertiary/aromatic N) is 3. The second-order valence-corrected chi connectivity index (χ2v) is 6.37. The number of rotatable bonds is 7. The van der Waals surface area contributed by atoms with Crippen LogP contribution in [0.25, 0.3) is 11.0 Å². The quantitative estimate of drug-likeness (QED) is 0.806. The number of likely N-dealkylation sites (tertiary alicyclic amines) is 1. The van der Waals surface area contributed by atoms with Gasteiger partial charge in [0.2, 0.25) is 11.8 Å². The number of carbonyl (C=O) groups is 1. The van der Waals surface area contributed by atoms with Crippen LogP contribution in [-0.2, 0) is 4.79 Å². The summed E-state index contributed by atoms with van der Waals surface area (Å²) >= 11 is 0. The zero-order valence-corrected chi connectivity index (χ0v) is 14.7. The van der Waals surface area contributed by atoms with Crippen LogP contribution < -0.4 is 15.2 Å². The molecule has 1 fully saturated rings. The molecule has 2 atom stereocenters. The summed E-state index contributed by atoms with van der Waals surface area (Å²) in [6, 6.07) is 4.96. The first-order valence-electron chi connectivity index (χ1n) is 8.67. The Morgan fingerprint density at radius 1 is 1.42 bits per heavy atom. The fourth-order valence-corrected chi connectivity index (χ4v) is 3.24. The Morgan fingerprint density at radius 3 is 3.00 bits per heavy atom. The minimum Gasteiger partial charge on any atom is -0.497 e. The first-order chi connectivity index (χ1) is 12.6. The molecule has 1 saturated heterocycles. The standard InChI is InChI=1S/C18H23FN4O3/c1-25-12-5-6-14-15(8-12)22-17(10-21-14)26-13(9-19)11-23-7-3-2-4-16(23)18(20)24/h5-6,8,10,13,16H,2-4,7,9,11H2,1H3,(H2,20,24). The Balaban J connectivity index is 1.72. The SMILES string of the molecule is COc1ccc2ncc(OC(CF)CN3CCCCC3C(N)=O)nc2c1. The van der Waals surface area contributed by atoms with E-state index in [1.165, 1.54) is 6.20 Å². The van der Waals surface area contributed by atoms with Crippen LogP contribution in [-0.4, -0.2) is 59.8 Å². The highest BCUT2D eigenvalue weighted by Gasteiger charge is 2.29. The van der Waals surface area contributed by atoms with E-state index in [-0.39, 0.29) is 24.4 Å². The molecule has 0 aliphatic carbocycles. The molecule has 2 aromatic rings. The molecule has 0 radical (unpaired) electrons. The van der Waals surface area contributed by atoms with Gasteiger partial charge in [-0.1, -0.05) is 6.42 Å². The van der Waals surface area contributed by atoms with Gasteiger partial charge in [0.05, 0.1) is 30.4 Å². The number of aromatic nitrogens is 2. The Hall–Kier alpha value is -2.48. The van der Waals surface area contributed by atoms with Crippen molar-refractivity contribution in [2.24, 2.45) is 5.73 Å². The number of primary amides is 1. The number of piperidine rings is 1. The van der Waals surface area contributed by atoms with Crippen molar-refractivity contribution in [2.75, 3.05) is 26.9 Å². The van der Waals surface area contributed by atoms with E-state index >= 15 is 0 Å². The monoisotopic (exact) mass is 362 g/mol. The van der Waals surface area contributed by atoms with E-state index in [1.54, 1.807) is 25.3 Å². The van der Waals surface area contributed by atoms with Gasteiger partial charge >= 0.3 is 0 Å². The third-order valence-electron chi connectivity index (χ3n) is 4.57. The molecule has 1 amide bonds. The predicted molar refractivity (Wildman–Crippen MR) is 94.9 cm³/mol. The van der Waals surface area contributed by atoms with Crippen LogP contribution in [0.15, 0.2) is 24.4 Å². The summed E-state index contributed by atoms with van der Waals surface area (Å²) in [7, 11) is 1.57. The lowest BCUT2D eigenvalue weighted by atomic mass is 10.0. The zero-order valence-electron chi connectivity index (χ0n) is 14.7. The molecule has 2 heterocycles. The molecule has 26 heavy (non-hydrogen) atoms. The van der Waals surface area contributed by atoms with E-state index in [0.29, 0.717) is 29.7 Å². The number of halogens is 1. The number of carbonyl (C=O) groups excluding carboxylic acids is 1. The van der Waals surface area contributed by atoms with Crippen molar-refractivity contribution in [3.05, 3.63) is 24.4 Å². The topological polar surface area (TPSA) is 90.6 Å². The number of methoxy groups -OCH3 is 1. The van der Waals surface area contributed by atoms with Crippen LogP contribution in [0.1, 0.15) is 19.3 Å². The lowest BCUT2D eigenvalue weighted by Gasteiger charge is -2.35. The summed E-state index contributed by atoms with van der Waals surface area (Å²) < 4.78 is 24.4. The number of hydrogen-bond acceptors (Lipinski definition) is 6. The Kier molecular flexibility index (Phi) is 5.82. The summed E-state index contributed by atoms with van der Waals surface area (Å²) in [4.78, 5) is 22.2. The van der Waals surface area contributed by atoms with Crippen molar-refractivity contribution in [1.82, 2.24) is 14.9 Å². The highest BCUT2D eigenvalue weighted by Crippen LogP contribution is 2.21. The van der Waals surface area contributed by atoms with Crippen molar-refractivity contribution in [3.8, 4) is 11.6 Å². The molecule has 3 rings (SSSR count). The van der Waals surface area contributed by atoms with Gasteiger partial charge in [0, 0.05) is 12.6 Å². The van der Waals surface area contributed by atoms with E-state index in [2.05, 4.69) is 9.97 Å². The Morgan fingerprint density at radius 2 is 2.27 bits per heavy atom. The van der Waals surface area contributed by atoms with Crippen LogP contribution in [0.4, 0.5) is 4.39 Å². The summed E-state index contributed by atoms with van der Waals surface area (Å²) in [6.07, 6.45) is 3.33. The average Bonchev–Trinajstić information content (AvgIpc) is 2.67. The fourth-order valence-electron chi connectivity index (χ4n) is 3.24. The Labute approximate surface area is 151 Å². The van der Waals surface area contributed by atoms with Gasteiger partial charge in [0.15, 0.2) is 0 Å². The van der Waals surface area contributed by atoms with Crippen molar-refractivity contribution in [3.63, 3.8) is 0 Å². The molecule has 1 aromatic carbocycles. The lowest BCUT2D eigenvalue weighted by Crippen LogP contribution is -2.51. The van der Waals surface area contributed by atoms with Gasteiger partial charge in [-0.25, -0.2) is 14.4 Å². The molecule has 8 heteroatoms. The van der Waals surface area contributed by atoms with E-state index in [9.17, 15) is 9.18 Å². The molecular formula is C18H23FN4O3. The van der Waals surface area contributed by atoms with Gasteiger partial charge in [0.1, 0.15) is 18.5 Å². The summed E-state index contributed by atoms with van der Waals surface area (Å²) in [5, 5.41) is 0. The van der Waals surface area contributed by atoms with E-state index in [1.807, 2.05) is 4.90 Å². The summed E-state index contributed by atoms with van der Waals surface area (Å²) in [5.41, 5.74) is 6.77. The third-order valence-corrected chi connectivity index (χ3v) is 4.57. The molecule has 1 aromatic heterocycles. The molecule has 0 bridgehead atoms. The van der Waals surface area contributed by atoms with Crippen LogP contribution in [0, 0.1) is 0 Å². The predicted octanol–water partition coefficient (Wildman–Crippen LogP) is 1.70. The van der Waals surface area contributed by atoms with Gasteiger partial charge in [-0.3, -0.25) is 9.69 Å². The first-order valence-corrected chi connectivity index (χ1v) is 8.67. The maximum Gasteiger partial charge on any atom is 0.234 e. The van der Waals surface area contributed by atoms with Crippen LogP contribution >= 0.6 is 0 Å². The molecule has 1 aliphatic rings. The maximum absolute atomic E-state index is 13.5. The summed E-state index contributed by atoms with van der Waals surface area (Å²) in [6.45, 7) is 0.288. The minimum atomic E-state index is -0.743. The van der Waals surface area contributed by atoms with E-state index in [0.717, 1.165) is 12.8 Å². The number of amides is 1. The molecule has 0 saturated carbocycles. The number of ether oxygens (including phenoxy) is 2. The van der Waals surface area contributed by atoms with E-state index in [4.69, 9.17) is 15.2 Å². The number of hydrogen-bond donors (Lipinski definition) is 1. The largest absolute Gasteiger partial charge is 0.497 e. The number of alkyl halides is 1. The second-order valence-electron chi connectivity index (χ2n) is 6.37. The van der Waals surface area contributed by atoms with Crippen LogP contribution in [0.3, 0.4) is 0 Å². The molecular weight excluding hydrogens is 339 g/mol. The normalized spacial score (nSPS) is 19.2. The van der Waals surface area contributed by atoms with Crippen molar-refractivity contribution in [2.45, 2.75) is 31.4 Å². The van der Waals surface area contributed by atoms with Crippen molar-refractivity contribution < 1.29 is 18.7 Å². The average molecular weight is 362 g/mol. The maximum atomic E-state index is 13.5. The fraction of sp³-hybridized carbons (Fsp3) is 0.500. The van der Waals surface area contributed by atoms with Crippen molar-refractivity contribution >= 4 is 16.9 Å². The molecule has 7 nitrogen and oxygen atoms in total. The van der Waals surface area contributed by atoms with Gasteiger partial charge in [-0.15, -0.1) is 0 Å². The molecule has 2 N–H and O–H groups in total. The second kappa shape index (κ2) is 8.27. The third kappa shape index (κ3) is 4.19. The smallest absolute Gasteiger partial charge is 0.234 e. The number of nitrogens with two attached hydrogens (primary N) is 1. The van der Waals surface area contributed by atoms with Crippen LogP contribution in [0.2, 0.25) is 0 Å². The highest BCUT2D eigenvalue weighted by atomic mass is 19.1.